The molecular formula is C35H27F3N2O4. The molecule has 9 heteroatoms. The zero-order valence-electron chi connectivity index (χ0n) is 23.7. The van der Waals surface area contributed by atoms with Gasteiger partial charge in [0, 0.05) is 12.1 Å². The third-order valence-electron chi connectivity index (χ3n) is 8.07. The van der Waals surface area contributed by atoms with E-state index in [0.717, 1.165) is 34.0 Å². The van der Waals surface area contributed by atoms with Crippen molar-refractivity contribution in [1.82, 2.24) is 4.57 Å². The lowest BCUT2D eigenvalue weighted by Crippen LogP contribution is -2.32. The molecular weight excluding hydrogens is 569 g/mol. The van der Waals surface area contributed by atoms with E-state index in [1.807, 2.05) is 72.8 Å². The number of benzene rings is 4. The molecule has 0 N–H and O–H groups in total. The highest BCUT2D eigenvalue weighted by molar-refractivity contribution is 5.92. The quantitative estimate of drug-likeness (QED) is 0.152. The van der Waals surface area contributed by atoms with Crippen LogP contribution in [0.15, 0.2) is 102 Å². The molecule has 0 spiro atoms. The van der Waals surface area contributed by atoms with Gasteiger partial charge in [0.05, 0.1) is 24.8 Å². The van der Waals surface area contributed by atoms with E-state index in [0.29, 0.717) is 6.29 Å². The molecule has 5 aromatic rings. The molecule has 44 heavy (non-hydrogen) atoms. The summed E-state index contributed by atoms with van der Waals surface area (Å²) in [5.41, 5.74) is 0.606. The Morgan fingerprint density at radius 1 is 0.955 bits per heavy atom. The topological polar surface area (TPSA) is 68.6 Å². The monoisotopic (exact) mass is 596 g/mol. The first kappa shape index (κ1) is 28.9. The summed E-state index contributed by atoms with van der Waals surface area (Å²) in [5.74, 6) is -0.438. The second kappa shape index (κ2) is 11.5. The fourth-order valence-electron chi connectivity index (χ4n) is 6.08. The minimum absolute atomic E-state index is 0.0266. The number of carbonyl (C=O) groups is 2. The fourth-order valence-corrected chi connectivity index (χ4v) is 6.08. The van der Waals surface area contributed by atoms with Gasteiger partial charge >= 0.3 is 12.1 Å². The Morgan fingerprint density at radius 3 is 2.39 bits per heavy atom. The number of pyridine rings is 1. The highest BCUT2D eigenvalue weighted by atomic mass is 19.4. The van der Waals surface area contributed by atoms with Gasteiger partial charge < -0.3 is 9.64 Å². The summed E-state index contributed by atoms with van der Waals surface area (Å²) in [6.45, 7) is 0.284. The van der Waals surface area contributed by atoms with Crippen molar-refractivity contribution in [2.24, 2.45) is 0 Å². The summed E-state index contributed by atoms with van der Waals surface area (Å²) < 4.78 is 48.2. The van der Waals surface area contributed by atoms with Gasteiger partial charge in [-0.25, -0.2) is 4.79 Å². The normalized spacial score (nSPS) is 14.5. The first-order chi connectivity index (χ1) is 21.2. The third-order valence-corrected chi connectivity index (χ3v) is 8.07. The van der Waals surface area contributed by atoms with Crippen LogP contribution in [0.4, 0.5) is 19.0 Å². The summed E-state index contributed by atoms with van der Waals surface area (Å²) in [4.78, 5) is 41.7. The fraction of sp³-hybridized carbons (Fsp3) is 0.171. The number of carbonyl (C=O) groups excluding carboxylic acids is 2. The average Bonchev–Trinajstić information content (AvgIpc) is 3.40. The minimum atomic E-state index is -4.63. The van der Waals surface area contributed by atoms with E-state index in [9.17, 15) is 27.6 Å². The second-order valence-electron chi connectivity index (χ2n) is 10.7. The van der Waals surface area contributed by atoms with Crippen LogP contribution in [-0.4, -0.2) is 30.5 Å². The van der Waals surface area contributed by atoms with Gasteiger partial charge in [0.1, 0.15) is 5.82 Å². The van der Waals surface area contributed by atoms with Crippen LogP contribution in [-0.2, 0) is 28.7 Å². The Balaban J connectivity index is 1.69. The average molecular weight is 597 g/mol. The Kier molecular flexibility index (Phi) is 7.55. The van der Waals surface area contributed by atoms with Crippen molar-refractivity contribution in [1.29, 1.82) is 0 Å². The number of nitrogens with zero attached hydrogens (tertiary/aromatic N) is 2. The number of methoxy groups -OCH3 is 1. The first-order valence-electron chi connectivity index (χ1n) is 14.0. The minimum Gasteiger partial charge on any atom is -0.467 e. The van der Waals surface area contributed by atoms with Crippen LogP contribution in [0.25, 0.3) is 21.9 Å². The van der Waals surface area contributed by atoms with E-state index < -0.39 is 29.3 Å². The van der Waals surface area contributed by atoms with Crippen molar-refractivity contribution in [3.05, 3.63) is 135 Å². The molecule has 1 unspecified atom stereocenters. The van der Waals surface area contributed by atoms with Crippen molar-refractivity contribution >= 4 is 28.8 Å². The predicted molar refractivity (Wildman–Crippen MR) is 162 cm³/mol. The highest BCUT2D eigenvalue weighted by Gasteiger charge is 2.40. The van der Waals surface area contributed by atoms with E-state index in [2.05, 4.69) is 0 Å². The third kappa shape index (κ3) is 5.15. The van der Waals surface area contributed by atoms with Crippen LogP contribution in [0.3, 0.4) is 0 Å². The summed E-state index contributed by atoms with van der Waals surface area (Å²) in [6, 6.07) is 26.3. The van der Waals surface area contributed by atoms with E-state index in [1.54, 1.807) is 4.90 Å². The number of ether oxygens (including phenoxy) is 1. The summed E-state index contributed by atoms with van der Waals surface area (Å²) in [7, 11) is 1.20. The molecule has 1 aliphatic heterocycles. The van der Waals surface area contributed by atoms with Gasteiger partial charge in [-0.1, -0.05) is 84.9 Å². The van der Waals surface area contributed by atoms with E-state index >= 15 is 0 Å². The zero-order valence-corrected chi connectivity index (χ0v) is 23.7. The number of fused-ring (bicyclic) bond motifs is 2. The molecule has 1 atom stereocenters. The molecule has 4 aromatic carbocycles. The largest absolute Gasteiger partial charge is 0.467 e. The Bertz CT molecular complexity index is 1950. The molecule has 6 nitrogen and oxygen atoms in total. The number of aromatic nitrogens is 1. The van der Waals surface area contributed by atoms with Gasteiger partial charge in [0.15, 0.2) is 12.3 Å². The Labute approximate surface area is 250 Å². The van der Waals surface area contributed by atoms with Gasteiger partial charge in [0.2, 0.25) is 0 Å². The van der Waals surface area contributed by atoms with Gasteiger partial charge in [-0.3, -0.25) is 14.2 Å². The Hall–Kier alpha value is -5.18. The number of rotatable bonds is 7. The molecule has 0 amide bonds. The van der Waals surface area contributed by atoms with Crippen LogP contribution < -0.4 is 10.5 Å². The molecule has 0 bridgehead atoms. The van der Waals surface area contributed by atoms with Gasteiger partial charge in [-0.2, -0.15) is 13.2 Å². The van der Waals surface area contributed by atoms with Crippen LogP contribution in [0, 0.1) is 0 Å². The maximum absolute atomic E-state index is 14.1. The molecule has 0 aliphatic carbocycles. The van der Waals surface area contributed by atoms with E-state index in [1.165, 1.54) is 23.8 Å². The molecule has 1 aliphatic rings. The standard InChI is InChI=1S/C35H27F3N2O4/c1-44-34(43)30-20-39(19-22-9-3-2-4-10-22)32-31(25-14-8-15-26(17-25)35(36,37)38)28(29(21-41)33(42)40(30)32)18-24-13-7-12-23-11-5-6-16-27(23)24/h2-17,21,30H,18-20H2,1H3. The molecule has 2 heterocycles. The van der Waals surface area contributed by atoms with Gasteiger partial charge in [-0.15, -0.1) is 0 Å². The van der Waals surface area contributed by atoms with Crippen molar-refractivity contribution in [2.45, 2.75) is 25.2 Å². The van der Waals surface area contributed by atoms with Crippen LogP contribution in [0.2, 0.25) is 0 Å². The number of anilines is 1. The molecule has 222 valence electrons. The lowest BCUT2D eigenvalue weighted by molar-refractivity contribution is -0.144. The number of hydrogen-bond acceptors (Lipinski definition) is 5. The summed E-state index contributed by atoms with van der Waals surface area (Å²) >= 11 is 0. The lowest BCUT2D eigenvalue weighted by atomic mass is 9.89. The number of esters is 1. The molecule has 1 aromatic heterocycles. The zero-order chi connectivity index (χ0) is 31.0. The van der Waals surface area contributed by atoms with Gasteiger partial charge in [-0.05, 0) is 51.6 Å². The van der Waals surface area contributed by atoms with Crippen LogP contribution >= 0.6 is 0 Å². The molecule has 0 saturated carbocycles. The number of aldehydes is 1. The maximum Gasteiger partial charge on any atom is 0.416 e. The number of alkyl halides is 3. The number of hydrogen-bond donors (Lipinski definition) is 0. The SMILES string of the molecule is COC(=O)C1CN(Cc2ccccc2)c2c(-c3cccc(C(F)(F)F)c3)c(Cc3cccc4ccccc34)c(C=O)c(=O)n21. The smallest absolute Gasteiger partial charge is 0.416 e. The van der Waals surface area contributed by atoms with Crippen molar-refractivity contribution in [3.63, 3.8) is 0 Å². The first-order valence-corrected chi connectivity index (χ1v) is 14.0. The van der Waals surface area contributed by atoms with Crippen LogP contribution in [0.1, 0.15) is 38.7 Å². The summed E-state index contributed by atoms with van der Waals surface area (Å²) in [5, 5.41) is 1.82. The van der Waals surface area contributed by atoms with Gasteiger partial charge in [0.25, 0.3) is 5.56 Å². The molecule has 0 radical (unpaired) electrons. The van der Waals surface area contributed by atoms with Crippen LogP contribution in [0.5, 0.6) is 0 Å². The molecule has 6 rings (SSSR count). The predicted octanol–water partition coefficient (Wildman–Crippen LogP) is 6.82. The lowest BCUT2D eigenvalue weighted by Gasteiger charge is -2.25. The van der Waals surface area contributed by atoms with Crippen molar-refractivity contribution in [2.75, 3.05) is 18.6 Å². The van der Waals surface area contributed by atoms with Crippen molar-refractivity contribution < 1.29 is 27.5 Å². The molecule has 0 saturated heterocycles. The maximum atomic E-state index is 14.1. The number of halogens is 3. The summed E-state index contributed by atoms with van der Waals surface area (Å²) in [6.07, 6.45) is -4.11. The highest BCUT2D eigenvalue weighted by Crippen LogP contribution is 2.43. The van der Waals surface area contributed by atoms with E-state index in [4.69, 9.17) is 4.74 Å². The Morgan fingerprint density at radius 2 is 1.66 bits per heavy atom. The molecule has 0 fully saturated rings. The van der Waals surface area contributed by atoms with E-state index in [-0.39, 0.29) is 47.6 Å². The second-order valence-corrected chi connectivity index (χ2v) is 10.7. The van der Waals surface area contributed by atoms with Crippen molar-refractivity contribution in [3.8, 4) is 11.1 Å².